The number of methoxy groups -OCH3 is 2. The number of anilines is 1. The molecule has 0 aliphatic heterocycles. The van der Waals surface area contributed by atoms with Crippen LogP contribution in [0.4, 0.5) is 5.69 Å². The Kier molecular flexibility index (Phi) is 7.04. The summed E-state index contributed by atoms with van der Waals surface area (Å²) in [4.78, 5) is 17.3. The van der Waals surface area contributed by atoms with E-state index in [1.165, 1.54) is 18.1 Å². The molecule has 0 spiro atoms. The first kappa shape index (κ1) is 24.3. The Hall–Kier alpha value is -3.88. The van der Waals surface area contributed by atoms with Crippen LogP contribution in [-0.2, 0) is 4.79 Å². The molecule has 9 heteroatoms. The van der Waals surface area contributed by atoms with Crippen molar-refractivity contribution in [2.45, 2.75) is 6.92 Å². The van der Waals surface area contributed by atoms with E-state index in [0.717, 1.165) is 10.3 Å². The number of carbonyl (C=O) groups excluding carboxylic acids is 1. The number of aromatic nitrogens is 1. The third kappa shape index (κ3) is 5.29. The summed E-state index contributed by atoms with van der Waals surface area (Å²) in [7, 11) is 3.12. The van der Waals surface area contributed by atoms with E-state index in [4.69, 9.17) is 43.8 Å². The lowest BCUT2D eigenvalue weighted by Crippen LogP contribution is -2.39. The number of amides is 1. The number of carbonyl (C=O) groups is 1. The van der Waals surface area contributed by atoms with Crippen molar-refractivity contribution in [2.24, 2.45) is 5.73 Å². The van der Waals surface area contributed by atoms with Gasteiger partial charge >= 0.3 is 0 Å². The Bertz CT molecular complexity index is 1410. The lowest BCUT2D eigenvalue weighted by atomic mass is 10.2. The molecule has 1 heterocycles. The maximum atomic E-state index is 11.8. The molecule has 1 amide bonds. The van der Waals surface area contributed by atoms with E-state index in [2.05, 4.69) is 29.2 Å². The molecule has 7 nitrogen and oxygen atoms in total. The van der Waals surface area contributed by atoms with Gasteiger partial charge in [-0.05, 0) is 53.7 Å². The summed E-state index contributed by atoms with van der Waals surface area (Å²) in [5.41, 5.74) is 9.54. The molecule has 0 saturated heterocycles. The molecule has 178 valence electrons. The third-order valence-corrected chi connectivity index (χ3v) is 5.73. The zero-order valence-corrected chi connectivity index (χ0v) is 20.8. The monoisotopic (exact) mass is 507 g/mol. The largest absolute Gasteiger partial charge is 0.493 e. The number of ether oxygens (including phenoxy) is 3. The zero-order valence-electron chi connectivity index (χ0n) is 19.2. The van der Waals surface area contributed by atoms with Gasteiger partial charge in [-0.3, -0.25) is 14.7 Å². The van der Waals surface area contributed by atoms with Gasteiger partial charge in [0.2, 0.25) is 5.91 Å². The van der Waals surface area contributed by atoms with E-state index in [1.54, 1.807) is 56.8 Å². The van der Waals surface area contributed by atoms with Gasteiger partial charge in [-0.2, -0.15) is 0 Å². The van der Waals surface area contributed by atoms with Crippen molar-refractivity contribution in [3.63, 3.8) is 0 Å². The average Bonchev–Trinajstić information content (AvgIpc) is 3.44. The van der Waals surface area contributed by atoms with Gasteiger partial charge in [0, 0.05) is 30.6 Å². The number of thiocarbonyl (C=S) groups is 1. The van der Waals surface area contributed by atoms with Crippen molar-refractivity contribution in [1.29, 1.82) is 0 Å². The summed E-state index contributed by atoms with van der Waals surface area (Å²) < 4.78 is 16.7. The molecule has 0 saturated carbocycles. The minimum Gasteiger partial charge on any atom is -0.493 e. The molecule has 2 aromatic carbocycles. The maximum absolute atomic E-state index is 11.8. The third-order valence-electron chi connectivity index (χ3n) is 5.24. The predicted octanol–water partition coefficient (Wildman–Crippen LogP) is 5.96. The second kappa shape index (κ2) is 10.2. The van der Waals surface area contributed by atoms with Crippen molar-refractivity contribution in [2.75, 3.05) is 19.1 Å². The minimum atomic E-state index is -0.339. The topological polar surface area (TPSA) is 86.9 Å². The Balaban J connectivity index is 0.000000411. The number of benzene rings is 3. The Morgan fingerprint density at radius 3 is 2.17 bits per heavy atom. The van der Waals surface area contributed by atoms with Crippen LogP contribution in [0.15, 0.2) is 66.9 Å². The number of fused-ring (bicyclic) bond motifs is 2. The molecule has 2 aliphatic rings. The first-order valence-corrected chi connectivity index (χ1v) is 11.3. The van der Waals surface area contributed by atoms with E-state index in [1.807, 2.05) is 0 Å². The smallest absolute Gasteiger partial charge is 0.230 e. The van der Waals surface area contributed by atoms with Gasteiger partial charge in [-0.15, -0.1) is 0 Å². The van der Waals surface area contributed by atoms with E-state index < -0.39 is 0 Å². The SMILES string of the molecule is COc1cc2nccc(Oc3ccc(N(C(C)=O)C(N)=S)c(Cl)c3)c2cc1OC.c1cc2cc-2c1. The van der Waals surface area contributed by atoms with Gasteiger partial charge in [0.25, 0.3) is 0 Å². The molecule has 2 N–H and O–H groups in total. The summed E-state index contributed by atoms with van der Waals surface area (Å²) in [5, 5.41) is 0.913. The fourth-order valence-electron chi connectivity index (χ4n) is 3.51. The molecule has 5 rings (SSSR count). The molecule has 0 fully saturated rings. The van der Waals surface area contributed by atoms with Crippen molar-refractivity contribution in [1.82, 2.24) is 4.98 Å². The van der Waals surface area contributed by atoms with Crippen LogP contribution >= 0.6 is 23.8 Å². The van der Waals surface area contributed by atoms with E-state index in [-0.39, 0.29) is 16.0 Å². The molecule has 0 bridgehead atoms. The molecule has 2 aliphatic carbocycles. The molecule has 0 radical (unpaired) electrons. The number of nitrogens with zero attached hydrogens (tertiary/aromatic N) is 2. The van der Waals surface area contributed by atoms with Gasteiger partial charge < -0.3 is 19.9 Å². The molecular weight excluding hydrogens is 486 g/mol. The number of pyridine rings is 1. The standard InChI is InChI=1S/C20H18ClN3O4S.C6H4/c1-11(25)24(20(22)29)16-5-4-12(8-14(16)21)28-17-6-7-23-15-10-19(27-3)18(26-2)9-13(15)17;1-2-5-4-6(5)3-1/h4-10H,1-3H3,(H2,22,29);1-4H. The van der Waals surface area contributed by atoms with Gasteiger partial charge in [-0.25, -0.2) is 0 Å². The Morgan fingerprint density at radius 1 is 0.971 bits per heavy atom. The second-order valence-electron chi connectivity index (χ2n) is 7.52. The van der Waals surface area contributed by atoms with Crippen LogP contribution in [-0.4, -0.2) is 30.2 Å². The lowest BCUT2D eigenvalue weighted by molar-refractivity contribution is -0.115. The molecule has 35 heavy (non-hydrogen) atoms. The molecular formula is C26H22ClN3O4S. The minimum absolute atomic E-state index is 0.0887. The van der Waals surface area contributed by atoms with Crippen LogP contribution in [0.25, 0.3) is 22.0 Å². The summed E-state index contributed by atoms with van der Waals surface area (Å²) in [6.45, 7) is 1.35. The molecule has 3 aromatic rings. The van der Waals surface area contributed by atoms with Gasteiger partial charge in [0.1, 0.15) is 11.5 Å². The predicted molar refractivity (Wildman–Crippen MR) is 142 cm³/mol. The molecule has 0 unspecified atom stereocenters. The van der Waals surface area contributed by atoms with Crippen LogP contribution in [0, 0.1) is 0 Å². The van der Waals surface area contributed by atoms with Crippen molar-refractivity contribution in [3.8, 4) is 34.1 Å². The quantitative estimate of drug-likeness (QED) is 0.293. The number of hydrogen-bond acceptors (Lipinski definition) is 6. The van der Waals surface area contributed by atoms with E-state index >= 15 is 0 Å². The van der Waals surface area contributed by atoms with E-state index in [9.17, 15) is 4.79 Å². The van der Waals surface area contributed by atoms with Gasteiger partial charge in [0.05, 0.1) is 30.4 Å². The van der Waals surface area contributed by atoms with Crippen LogP contribution in [0.3, 0.4) is 0 Å². The van der Waals surface area contributed by atoms with Gasteiger partial charge in [0.15, 0.2) is 16.6 Å². The van der Waals surface area contributed by atoms with Crippen LogP contribution in [0.2, 0.25) is 5.02 Å². The fourth-order valence-corrected chi connectivity index (χ4v) is 4.00. The van der Waals surface area contributed by atoms with E-state index in [0.29, 0.717) is 34.2 Å². The molecule has 0 atom stereocenters. The van der Waals surface area contributed by atoms with Crippen molar-refractivity contribution < 1.29 is 19.0 Å². The Morgan fingerprint density at radius 2 is 1.66 bits per heavy atom. The number of halogens is 1. The fraction of sp³-hybridized carbons (Fsp3) is 0.115. The lowest BCUT2D eigenvalue weighted by Gasteiger charge is -2.20. The number of nitrogens with two attached hydrogens (primary N) is 1. The van der Waals surface area contributed by atoms with Crippen molar-refractivity contribution >= 4 is 51.4 Å². The normalized spacial score (nSPS) is 10.6. The summed E-state index contributed by atoms with van der Waals surface area (Å²) in [6, 6.07) is 18.6. The molecule has 1 aromatic heterocycles. The maximum Gasteiger partial charge on any atom is 0.230 e. The Labute approximate surface area is 213 Å². The highest BCUT2D eigenvalue weighted by Crippen LogP contribution is 2.38. The number of hydrogen-bond donors (Lipinski definition) is 1. The van der Waals surface area contributed by atoms with Gasteiger partial charge in [-0.1, -0.05) is 29.8 Å². The summed E-state index contributed by atoms with van der Waals surface area (Å²) in [5.74, 6) is 1.80. The summed E-state index contributed by atoms with van der Waals surface area (Å²) >= 11 is 11.3. The highest BCUT2D eigenvalue weighted by molar-refractivity contribution is 7.80. The van der Waals surface area contributed by atoms with Crippen LogP contribution < -0.4 is 24.8 Å². The first-order chi connectivity index (χ1) is 16.8. The van der Waals surface area contributed by atoms with Crippen LogP contribution in [0.5, 0.6) is 23.0 Å². The summed E-state index contributed by atoms with van der Waals surface area (Å²) in [6.07, 6.45) is 1.63. The highest BCUT2D eigenvalue weighted by Gasteiger charge is 2.18. The first-order valence-electron chi connectivity index (χ1n) is 10.5. The van der Waals surface area contributed by atoms with Crippen molar-refractivity contribution in [3.05, 3.63) is 71.9 Å². The number of rotatable bonds is 5. The zero-order chi connectivity index (χ0) is 25.1. The average molecular weight is 508 g/mol. The highest BCUT2D eigenvalue weighted by atomic mass is 35.5. The van der Waals surface area contributed by atoms with Crippen LogP contribution in [0.1, 0.15) is 6.92 Å². The second-order valence-corrected chi connectivity index (χ2v) is 8.35.